The van der Waals surface area contributed by atoms with E-state index in [4.69, 9.17) is 5.73 Å². The number of ketones is 1. The third-order valence-electron chi connectivity index (χ3n) is 5.81. The summed E-state index contributed by atoms with van der Waals surface area (Å²) in [5.74, 6) is 1.12. The van der Waals surface area contributed by atoms with E-state index in [1.54, 1.807) is 0 Å². The van der Waals surface area contributed by atoms with E-state index in [0.717, 1.165) is 42.5 Å². The first kappa shape index (κ1) is 13.9. The van der Waals surface area contributed by atoms with Crippen LogP contribution in [0.3, 0.4) is 0 Å². The first-order valence-corrected chi connectivity index (χ1v) is 8.36. The van der Waals surface area contributed by atoms with E-state index < -0.39 is 0 Å². The number of hydrogen-bond acceptors (Lipinski definition) is 3. The lowest BCUT2D eigenvalue weighted by molar-refractivity contribution is -0.121. The molecule has 0 saturated heterocycles. The average Bonchev–Trinajstić information content (AvgIpc) is 3.09. The molecule has 22 heavy (non-hydrogen) atoms. The van der Waals surface area contributed by atoms with E-state index in [2.05, 4.69) is 5.32 Å². The van der Waals surface area contributed by atoms with E-state index in [1.807, 2.05) is 18.2 Å². The molecule has 0 spiro atoms. The number of anilines is 1. The van der Waals surface area contributed by atoms with Gasteiger partial charge in [-0.3, -0.25) is 9.59 Å². The molecule has 4 heteroatoms. The molecule has 1 aromatic carbocycles. The number of fused-ring (bicyclic) bond motifs is 3. The van der Waals surface area contributed by atoms with Crippen LogP contribution in [0.15, 0.2) is 18.2 Å². The number of carbonyl (C=O) groups is 2. The lowest BCUT2D eigenvalue weighted by atomic mass is 9.84. The number of hydrogen-bond donors (Lipinski definition) is 2. The van der Waals surface area contributed by atoms with Gasteiger partial charge in [-0.25, -0.2) is 0 Å². The molecular weight excluding hydrogens is 276 g/mol. The van der Waals surface area contributed by atoms with Gasteiger partial charge < -0.3 is 11.1 Å². The highest BCUT2D eigenvalue weighted by atomic mass is 16.2. The van der Waals surface area contributed by atoms with Gasteiger partial charge in [0.25, 0.3) is 0 Å². The second kappa shape index (κ2) is 5.20. The molecule has 1 amide bonds. The van der Waals surface area contributed by atoms with Crippen molar-refractivity contribution in [3.05, 3.63) is 29.3 Å². The molecule has 3 N–H and O–H groups in total. The van der Waals surface area contributed by atoms with Crippen LogP contribution in [-0.2, 0) is 11.2 Å². The predicted octanol–water partition coefficient (Wildman–Crippen LogP) is 2.52. The molecule has 0 aliphatic heterocycles. The highest BCUT2D eigenvalue weighted by molar-refractivity contribution is 6.01. The molecule has 4 rings (SSSR count). The Morgan fingerprint density at radius 2 is 2.00 bits per heavy atom. The maximum Gasteiger partial charge on any atom is 0.229 e. The van der Waals surface area contributed by atoms with Crippen molar-refractivity contribution in [3.63, 3.8) is 0 Å². The summed E-state index contributed by atoms with van der Waals surface area (Å²) in [6.07, 6.45) is 5.88. The number of benzene rings is 1. The van der Waals surface area contributed by atoms with Gasteiger partial charge in [-0.15, -0.1) is 0 Å². The molecular formula is C18H22N2O2. The summed E-state index contributed by atoms with van der Waals surface area (Å²) in [7, 11) is 0. The Labute approximate surface area is 130 Å². The summed E-state index contributed by atoms with van der Waals surface area (Å²) >= 11 is 0. The molecule has 3 aliphatic carbocycles. The third kappa shape index (κ3) is 2.17. The Kier molecular flexibility index (Phi) is 3.30. The molecule has 4 unspecified atom stereocenters. The first-order chi connectivity index (χ1) is 10.6. The highest BCUT2D eigenvalue weighted by Gasteiger charge is 2.49. The minimum atomic E-state index is -0.0644. The van der Waals surface area contributed by atoms with Crippen molar-refractivity contribution in [1.82, 2.24) is 0 Å². The topological polar surface area (TPSA) is 72.2 Å². The minimum Gasteiger partial charge on any atom is -0.327 e. The number of aryl methyl sites for hydroxylation is 1. The average molecular weight is 298 g/mol. The third-order valence-corrected chi connectivity index (χ3v) is 5.81. The first-order valence-electron chi connectivity index (χ1n) is 8.36. The van der Waals surface area contributed by atoms with Crippen molar-refractivity contribution in [2.24, 2.45) is 23.5 Å². The fraction of sp³-hybridized carbons (Fsp3) is 0.556. The largest absolute Gasteiger partial charge is 0.327 e. The van der Waals surface area contributed by atoms with Crippen molar-refractivity contribution in [2.75, 3.05) is 5.32 Å². The van der Waals surface area contributed by atoms with Crippen molar-refractivity contribution >= 4 is 17.4 Å². The maximum atomic E-state index is 12.6. The lowest BCUT2D eigenvalue weighted by Gasteiger charge is -2.27. The molecule has 1 aromatic rings. The van der Waals surface area contributed by atoms with Crippen LogP contribution < -0.4 is 11.1 Å². The fourth-order valence-corrected chi connectivity index (χ4v) is 4.66. The van der Waals surface area contributed by atoms with Gasteiger partial charge in [-0.1, -0.05) is 6.07 Å². The Morgan fingerprint density at radius 3 is 2.77 bits per heavy atom. The summed E-state index contributed by atoms with van der Waals surface area (Å²) in [5.41, 5.74) is 8.85. The van der Waals surface area contributed by atoms with Gasteiger partial charge in [0.05, 0.1) is 5.92 Å². The van der Waals surface area contributed by atoms with E-state index >= 15 is 0 Å². The van der Waals surface area contributed by atoms with Crippen LogP contribution in [0.4, 0.5) is 5.69 Å². The summed E-state index contributed by atoms with van der Waals surface area (Å²) < 4.78 is 0. The minimum absolute atomic E-state index is 0.00184. The van der Waals surface area contributed by atoms with Crippen LogP contribution in [0.1, 0.15) is 48.0 Å². The van der Waals surface area contributed by atoms with Gasteiger partial charge in [0.2, 0.25) is 5.91 Å². The summed E-state index contributed by atoms with van der Waals surface area (Å²) in [5, 5.41) is 3.00. The van der Waals surface area contributed by atoms with Crippen LogP contribution in [0.5, 0.6) is 0 Å². The quantitative estimate of drug-likeness (QED) is 0.881. The Hall–Kier alpha value is -1.68. The summed E-state index contributed by atoms with van der Waals surface area (Å²) in [4.78, 5) is 24.6. The normalized spacial score (nSPS) is 32.9. The number of amides is 1. The van der Waals surface area contributed by atoms with E-state index in [1.165, 1.54) is 6.42 Å². The van der Waals surface area contributed by atoms with Crippen molar-refractivity contribution in [2.45, 2.75) is 44.6 Å². The molecule has 0 radical (unpaired) electrons. The second-order valence-corrected chi connectivity index (χ2v) is 7.07. The van der Waals surface area contributed by atoms with Crippen molar-refractivity contribution in [3.8, 4) is 0 Å². The van der Waals surface area contributed by atoms with Gasteiger partial charge in [0.1, 0.15) is 0 Å². The molecule has 2 fully saturated rings. The molecule has 3 aliphatic rings. The Balaban J connectivity index is 1.53. The maximum absolute atomic E-state index is 12.6. The smallest absolute Gasteiger partial charge is 0.229 e. The van der Waals surface area contributed by atoms with Gasteiger partial charge >= 0.3 is 0 Å². The van der Waals surface area contributed by atoms with Crippen LogP contribution in [-0.4, -0.2) is 17.7 Å². The zero-order chi connectivity index (χ0) is 15.3. The van der Waals surface area contributed by atoms with Gasteiger partial charge in [0, 0.05) is 23.7 Å². The van der Waals surface area contributed by atoms with Gasteiger partial charge in [-0.2, -0.15) is 0 Å². The molecule has 0 heterocycles. The molecule has 4 nitrogen and oxygen atoms in total. The van der Waals surface area contributed by atoms with Gasteiger partial charge in [0.15, 0.2) is 5.78 Å². The molecule has 2 saturated carbocycles. The van der Waals surface area contributed by atoms with Crippen molar-refractivity contribution in [1.29, 1.82) is 0 Å². The fourth-order valence-electron chi connectivity index (χ4n) is 4.66. The monoisotopic (exact) mass is 298 g/mol. The van der Waals surface area contributed by atoms with Crippen LogP contribution in [0.25, 0.3) is 0 Å². The van der Waals surface area contributed by atoms with E-state index in [-0.39, 0.29) is 23.7 Å². The number of Topliss-reactive ketones (excluding diaryl/α,β-unsaturated/α-hetero) is 1. The van der Waals surface area contributed by atoms with E-state index in [0.29, 0.717) is 18.3 Å². The molecule has 4 atom stereocenters. The SMILES string of the molecule is NC1C2CCC(C2)C1C(=O)Nc1ccc2c(c1)C(=O)CCC2. The van der Waals surface area contributed by atoms with Crippen LogP contribution in [0, 0.1) is 17.8 Å². The van der Waals surface area contributed by atoms with Gasteiger partial charge in [-0.05, 0) is 61.6 Å². The van der Waals surface area contributed by atoms with Crippen molar-refractivity contribution < 1.29 is 9.59 Å². The Bertz CT molecular complexity index is 638. The number of rotatable bonds is 2. The van der Waals surface area contributed by atoms with Crippen LogP contribution in [0.2, 0.25) is 0 Å². The number of nitrogens with one attached hydrogen (secondary N) is 1. The number of nitrogens with two attached hydrogens (primary N) is 1. The van der Waals surface area contributed by atoms with Crippen LogP contribution >= 0.6 is 0 Å². The zero-order valence-corrected chi connectivity index (χ0v) is 12.7. The lowest BCUT2D eigenvalue weighted by Crippen LogP contribution is -2.42. The predicted molar refractivity (Wildman–Crippen MR) is 84.6 cm³/mol. The second-order valence-electron chi connectivity index (χ2n) is 7.07. The molecule has 2 bridgehead atoms. The molecule has 116 valence electrons. The standard InChI is InChI=1S/C18H22N2O2/c19-17-12-5-4-11(8-12)16(17)18(22)20-13-7-6-10-2-1-3-15(21)14(10)9-13/h6-7,9,11-12,16-17H,1-5,8,19H2,(H,20,22). The summed E-state index contributed by atoms with van der Waals surface area (Å²) in [6.45, 7) is 0. The van der Waals surface area contributed by atoms with E-state index in [9.17, 15) is 9.59 Å². The zero-order valence-electron chi connectivity index (χ0n) is 12.7. The summed E-state index contributed by atoms with van der Waals surface area (Å²) in [6, 6.07) is 5.72. The Morgan fingerprint density at radius 1 is 1.18 bits per heavy atom. The highest BCUT2D eigenvalue weighted by Crippen LogP contribution is 2.47. The number of carbonyl (C=O) groups excluding carboxylic acids is 2. The molecule has 0 aromatic heterocycles.